The van der Waals surface area contributed by atoms with Crippen LogP contribution in [0.15, 0.2) is 36.5 Å². The molecule has 1 heterocycles. The molecule has 1 aromatic carbocycles. The maximum Gasteiger partial charge on any atom is 0.269 e. The Hall–Kier alpha value is -2.60. The molecule has 126 valence electrons. The van der Waals surface area contributed by atoms with Gasteiger partial charge in [0.2, 0.25) is 0 Å². The predicted molar refractivity (Wildman–Crippen MR) is 91.3 cm³/mol. The minimum Gasteiger partial charge on any atom is -0.497 e. The van der Waals surface area contributed by atoms with Gasteiger partial charge in [0, 0.05) is 7.05 Å². The molecular formula is C18H21N3O3. The van der Waals surface area contributed by atoms with E-state index in [4.69, 9.17) is 4.74 Å². The summed E-state index contributed by atoms with van der Waals surface area (Å²) in [4.78, 5) is 16.4. The number of rotatable bonds is 5. The van der Waals surface area contributed by atoms with Gasteiger partial charge in [-0.25, -0.2) is 4.98 Å². The third-order valence-electron chi connectivity index (χ3n) is 4.45. The predicted octanol–water partition coefficient (Wildman–Crippen LogP) is 1.70. The van der Waals surface area contributed by atoms with Gasteiger partial charge >= 0.3 is 0 Å². The van der Waals surface area contributed by atoms with Crippen molar-refractivity contribution in [3.63, 3.8) is 0 Å². The van der Waals surface area contributed by atoms with Gasteiger partial charge in [-0.2, -0.15) is 0 Å². The van der Waals surface area contributed by atoms with Gasteiger partial charge in [0.05, 0.1) is 25.5 Å². The standard InChI is InChI=1S/C18H21N3O3/c1-19-13-4-6-16(20-10-13)17(22)21-11-18(23)8-7-12-3-5-14(24-2)9-15(12)18/h3-6,9-10,19,23H,7-8,11H2,1-2H3,(H,21,22). The van der Waals surface area contributed by atoms with Gasteiger partial charge < -0.3 is 20.5 Å². The lowest BCUT2D eigenvalue weighted by atomic mass is 9.95. The largest absolute Gasteiger partial charge is 0.497 e. The monoisotopic (exact) mass is 327 g/mol. The molecule has 0 spiro atoms. The van der Waals surface area contributed by atoms with E-state index in [0.717, 1.165) is 23.2 Å². The lowest BCUT2D eigenvalue weighted by Gasteiger charge is -2.24. The number of ether oxygens (including phenoxy) is 1. The molecule has 1 aliphatic carbocycles. The average molecular weight is 327 g/mol. The number of amides is 1. The van der Waals surface area contributed by atoms with Crippen molar-refractivity contribution in [1.29, 1.82) is 0 Å². The van der Waals surface area contributed by atoms with Crippen molar-refractivity contribution in [3.05, 3.63) is 53.3 Å². The molecule has 0 saturated heterocycles. The van der Waals surface area contributed by atoms with Crippen LogP contribution in [0, 0.1) is 0 Å². The van der Waals surface area contributed by atoms with Crippen molar-refractivity contribution in [3.8, 4) is 5.75 Å². The average Bonchev–Trinajstić information content (AvgIpc) is 2.96. The summed E-state index contributed by atoms with van der Waals surface area (Å²) in [7, 11) is 3.39. The number of carbonyl (C=O) groups is 1. The van der Waals surface area contributed by atoms with Crippen LogP contribution in [0.25, 0.3) is 0 Å². The Labute approximate surface area is 140 Å². The van der Waals surface area contributed by atoms with Crippen molar-refractivity contribution >= 4 is 11.6 Å². The molecule has 0 radical (unpaired) electrons. The molecule has 1 atom stereocenters. The topological polar surface area (TPSA) is 83.5 Å². The molecule has 2 aromatic rings. The number of benzene rings is 1. The summed E-state index contributed by atoms with van der Waals surface area (Å²) in [6.45, 7) is 0.140. The first-order valence-corrected chi connectivity index (χ1v) is 7.87. The van der Waals surface area contributed by atoms with Crippen LogP contribution < -0.4 is 15.4 Å². The summed E-state index contributed by atoms with van der Waals surface area (Å²) in [5, 5.41) is 16.7. The summed E-state index contributed by atoms with van der Waals surface area (Å²) in [5.41, 5.74) is 1.98. The molecule has 0 aliphatic heterocycles. The van der Waals surface area contributed by atoms with E-state index in [9.17, 15) is 9.90 Å². The number of methoxy groups -OCH3 is 1. The minimum atomic E-state index is -1.08. The summed E-state index contributed by atoms with van der Waals surface area (Å²) in [5.74, 6) is 0.396. The van der Waals surface area contributed by atoms with E-state index in [1.807, 2.05) is 18.2 Å². The third kappa shape index (κ3) is 3.05. The number of nitrogens with zero attached hydrogens (tertiary/aromatic N) is 1. The molecule has 3 rings (SSSR count). The lowest BCUT2D eigenvalue weighted by Crippen LogP contribution is -2.39. The second-order valence-corrected chi connectivity index (χ2v) is 5.92. The third-order valence-corrected chi connectivity index (χ3v) is 4.45. The van der Waals surface area contributed by atoms with Gasteiger partial charge in [-0.15, -0.1) is 0 Å². The van der Waals surface area contributed by atoms with Crippen molar-refractivity contribution < 1.29 is 14.6 Å². The molecule has 1 amide bonds. The number of nitrogens with one attached hydrogen (secondary N) is 2. The van der Waals surface area contributed by atoms with Gasteiger partial charge in [-0.3, -0.25) is 4.79 Å². The van der Waals surface area contributed by atoms with E-state index in [1.54, 1.807) is 32.5 Å². The molecule has 6 nitrogen and oxygen atoms in total. The molecule has 0 saturated carbocycles. The molecule has 0 bridgehead atoms. The number of aromatic nitrogens is 1. The van der Waals surface area contributed by atoms with E-state index >= 15 is 0 Å². The summed E-state index contributed by atoms with van der Waals surface area (Å²) in [6, 6.07) is 9.13. The summed E-state index contributed by atoms with van der Waals surface area (Å²) in [6.07, 6.45) is 2.95. The van der Waals surface area contributed by atoms with Gasteiger partial charge in [0.1, 0.15) is 17.0 Å². The quantitative estimate of drug-likeness (QED) is 0.778. The van der Waals surface area contributed by atoms with E-state index < -0.39 is 5.60 Å². The van der Waals surface area contributed by atoms with Gasteiger partial charge in [-0.1, -0.05) is 6.07 Å². The molecular weight excluding hydrogens is 306 g/mol. The number of anilines is 1. The lowest BCUT2D eigenvalue weighted by molar-refractivity contribution is 0.0367. The van der Waals surface area contributed by atoms with Gasteiger partial charge in [-0.05, 0) is 48.2 Å². The highest BCUT2D eigenvalue weighted by molar-refractivity contribution is 5.92. The number of hydrogen-bond donors (Lipinski definition) is 3. The zero-order valence-electron chi connectivity index (χ0n) is 13.8. The fourth-order valence-corrected chi connectivity index (χ4v) is 2.99. The van der Waals surface area contributed by atoms with Crippen LogP contribution in [0.4, 0.5) is 5.69 Å². The molecule has 1 unspecified atom stereocenters. The van der Waals surface area contributed by atoms with Crippen molar-refractivity contribution in [1.82, 2.24) is 10.3 Å². The molecule has 24 heavy (non-hydrogen) atoms. The highest BCUT2D eigenvalue weighted by Crippen LogP contribution is 2.38. The maximum absolute atomic E-state index is 12.2. The van der Waals surface area contributed by atoms with Crippen LogP contribution in [0.5, 0.6) is 5.75 Å². The van der Waals surface area contributed by atoms with Crippen molar-refractivity contribution in [2.45, 2.75) is 18.4 Å². The number of fused-ring (bicyclic) bond motifs is 1. The molecule has 6 heteroatoms. The fraction of sp³-hybridized carbons (Fsp3) is 0.333. The van der Waals surface area contributed by atoms with Crippen LogP contribution in [0.3, 0.4) is 0 Å². The highest BCUT2D eigenvalue weighted by Gasteiger charge is 2.37. The number of aliphatic hydroxyl groups is 1. The number of pyridine rings is 1. The minimum absolute atomic E-state index is 0.140. The van der Waals surface area contributed by atoms with Crippen LogP contribution in [-0.2, 0) is 12.0 Å². The Morgan fingerprint density at radius 2 is 2.21 bits per heavy atom. The van der Waals surface area contributed by atoms with Crippen LogP contribution in [-0.4, -0.2) is 36.7 Å². The van der Waals surface area contributed by atoms with E-state index in [-0.39, 0.29) is 12.5 Å². The van der Waals surface area contributed by atoms with Gasteiger partial charge in [0.25, 0.3) is 5.91 Å². The van der Waals surface area contributed by atoms with Crippen LogP contribution in [0.1, 0.15) is 28.0 Å². The van der Waals surface area contributed by atoms with Crippen molar-refractivity contribution in [2.24, 2.45) is 0 Å². The first-order valence-electron chi connectivity index (χ1n) is 7.87. The Bertz CT molecular complexity index is 746. The summed E-state index contributed by atoms with van der Waals surface area (Å²) < 4.78 is 5.24. The fourth-order valence-electron chi connectivity index (χ4n) is 2.99. The zero-order chi connectivity index (χ0) is 17.2. The number of hydrogen-bond acceptors (Lipinski definition) is 5. The van der Waals surface area contributed by atoms with Crippen LogP contribution >= 0.6 is 0 Å². The second kappa shape index (κ2) is 6.49. The SMILES string of the molecule is CNc1ccc(C(=O)NCC2(O)CCc3ccc(OC)cc32)nc1. The van der Waals surface area contributed by atoms with E-state index in [2.05, 4.69) is 15.6 Å². The second-order valence-electron chi connectivity index (χ2n) is 5.92. The Morgan fingerprint density at radius 3 is 2.88 bits per heavy atom. The highest BCUT2D eigenvalue weighted by atomic mass is 16.5. The molecule has 1 aromatic heterocycles. The normalized spacial score (nSPS) is 18.8. The molecule has 3 N–H and O–H groups in total. The zero-order valence-corrected chi connectivity index (χ0v) is 13.8. The first-order chi connectivity index (χ1) is 11.6. The number of carbonyl (C=O) groups excluding carboxylic acids is 1. The number of aryl methyl sites for hydroxylation is 1. The Balaban J connectivity index is 1.71. The van der Waals surface area contributed by atoms with Gasteiger partial charge in [0.15, 0.2) is 0 Å². The maximum atomic E-state index is 12.2. The first kappa shape index (κ1) is 16.3. The van der Waals surface area contributed by atoms with E-state index in [1.165, 1.54) is 0 Å². The Morgan fingerprint density at radius 1 is 1.38 bits per heavy atom. The van der Waals surface area contributed by atoms with E-state index in [0.29, 0.717) is 17.9 Å². The molecule has 0 fully saturated rings. The molecule has 1 aliphatic rings. The smallest absolute Gasteiger partial charge is 0.269 e. The summed E-state index contributed by atoms with van der Waals surface area (Å²) >= 11 is 0. The van der Waals surface area contributed by atoms with Crippen molar-refractivity contribution in [2.75, 3.05) is 26.0 Å². The Kier molecular flexibility index (Phi) is 4.40. The van der Waals surface area contributed by atoms with Crippen LogP contribution in [0.2, 0.25) is 0 Å².